The number of carbonyl (C=O) groups is 1. The summed E-state index contributed by atoms with van der Waals surface area (Å²) in [7, 11) is 1.56. The summed E-state index contributed by atoms with van der Waals surface area (Å²) in [6, 6.07) is 1.38. The topological polar surface area (TPSA) is 39.1 Å². The fourth-order valence-electron chi connectivity index (χ4n) is 0.864. The van der Waals surface area contributed by atoms with Crippen LogP contribution in [-0.2, 0) is 7.05 Å². The first-order valence-corrected chi connectivity index (χ1v) is 3.77. The summed E-state index contributed by atoms with van der Waals surface area (Å²) in [6.07, 6.45) is 1.47. The van der Waals surface area contributed by atoms with Crippen LogP contribution in [0.25, 0.3) is 0 Å². The van der Waals surface area contributed by atoms with Gasteiger partial charge in [0.15, 0.2) is 5.78 Å². The van der Waals surface area contributed by atoms with Crippen molar-refractivity contribution in [3.8, 4) is 0 Å². The van der Waals surface area contributed by atoms with Crippen molar-refractivity contribution in [1.82, 2.24) is 4.57 Å². The van der Waals surface area contributed by atoms with Crippen molar-refractivity contribution >= 4 is 17.4 Å². The number of nitrogens with zero attached hydrogens (tertiary/aromatic N) is 1. The van der Waals surface area contributed by atoms with Crippen LogP contribution >= 0.6 is 11.6 Å². The molecular formula is C8H8ClNO2. The average Bonchev–Trinajstić information content (AvgIpc) is 1.99. The van der Waals surface area contributed by atoms with Crippen LogP contribution in [-0.4, -0.2) is 10.4 Å². The normalized spacial score (nSPS) is 9.92. The zero-order valence-corrected chi connectivity index (χ0v) is 7.55. The van der Waals surface area contributed by atoms with Gasteiger partial charge in [-0.25, -0.2) is 0 Å². The first-order valence-electron chi connectivity index (χ1n) is 3.39. The SMILES string of the molecule is CC(=O)c1cc(Cl)c(=O)n(C)c1. The van der Waals surface area contributed by atoms with E-state index in [1.54, 1.807) is 7.05 Å². The lowest BCUT2D eigenvalue weighted by molar-refractivity contribution is 0.101. The number of carbonyl (C=O) groups excluding carboxylic acids is 1. The van der Waals surface area contributed by atoms with Crippen LogP contribution in [0.15, 0.2) is 17.1 Å². The first kappa shape index (κ1) is 9.00. The summed E-state index contributed by atoms with van der Waals surface area (Å²) >= 11 is 5.58. The van der Waals surface area contributed by atoms with Crippen molar-refractivity contribution in [3.63, 3.8) is 0 Å². The molecule has 0 aliphatic rings. The quantitative estimate of drug-likeness (QED) is 0.618. The minimum absolute atomic E-state index is 0.0743. The maximum absolute atomic E-state index is 11.1. The Morgan fingerprint density at radius 1 is 1.58 bits per heavy atom. The van der Waals surface area contributed by atoms with Crippen LogP contribution in [0.4, 0.5) is 0 Å². The standard InChI is InChI=1S/C8H8ClNO2/c1-5(11)6-3-7(9)8(12)10(2)4-6/h3-4H,1-2H3. The Kier molecular flexibility index (Phi) is 2.33. The van der Waals surface area contributed by atoms with E-state index in [1.807, 2.05) is 0 Å². The highest BCUT2D eigenvalue weighted by molar-refractivity contribution is 6.30. The van der Waals surface area contributed by atoms with Crippen LogP contribution in [0, 0.1) is 0 Å². The number of aromatic nitrogens is 1. The number of ketones is 1. The van der Waals surface area contributed by atoms with Gasteiger partial charge < -0.3 is 4.57 Å². The lowest BCUT2D eigenvalue weighted by atomic mass is 10.2. The van der Waals surface area contributed by atoms with Gasteiger partial charge in [-0.1, -0.05) is 11.6 Å². The van der Waals surface area contributed by atoms with E-state index in [2.05, 4.69) is 0 Å². The molecule has 1 rings (SSSR count). The van der Waals surface area contributed by atoms with Crippen molar-refractivity contribution in [1.29, 1.82) is 0 Å². The number of hydrogen-bond acceptors (Lipinski definition) is 2. The van der Waals surface area contributed by atoms with Crippen LogP contribution in [0.3, 0.4) is 0 Å². The zero-order valence-electron chi connectivity index (χ0n) is 6.80. The monoisotopic (exact) mass is 185 g/mol. The maximum Gasteiger partial charge on any atom is 0.269 e. The van der Waals surface area contributed by atoms with Gasteiger partial charge in [-0.3, -0.25) is 9.59 Å². The zero-order chi connectivity index (χ0) is 9.30. The van der Waals surface area contributed by atoms with E-state index >= 15 is 0 Å². The number of hydrogen-bond donors (Lipinski definition) is 0. The van der Waals surface area contributed by atoms with Crippen molar-refractivity contribution in [2.24, 2.45) is 7.05 Å². The minimum atomic E-state index is -0.290. The lowest BCUT2D eigenvalue weighted by Gasteiger charge is -2.00. The Hall–Kier alpha value is -1.09. The van der Waals surface area contributed by atoms with Crippen LogP contribution in [0.5, 0.6) is 0 Å². The fraction of sp³-hybridized carbons (Fsp3) is 0.250. The average molecular weight is 186 g/mol. The maximum atomic E-state index is 11.1. The van der Waals surface area contributed by atoms with Crippen LogP contribution in [0.1, 0.15) is 17.3 Å². The fourth-order valence-corrected chi connectivity index (χ4v) is 1.11. The van der Waals surface area contributed by atoms with E-state index in [-0.39, 0.29) is 16.4 Å². The van der Waals surface area contributed by atoms with E-state index in [4.69, 9.17) is 11.6 Å². The molecule has 0 spiro atoms. The molecule has 0 aliphatic heterocycles. The van der Waals surface area contributed by atoms with E-state index in [1.165, 1.54) is 23.8 Å². The molecule has 0 unspecified atom stereocenters. The number of Topliss-reactive ketones (excluding diaryl/α,β-unsaturated/α-hetero) is 1. The summed E-state index contributed by atoms with van der Waals surface area (Å²) in [5.41, 5.74) is 0.156. The van der Waals surface area contributed by atoms with Crippen molar-refractivity contribution < 1.29 is 4.79 Å². The molecule has 0 amide bonds. The highest BCUT2D eigenvalue weighted by atomic mass is 35.5. The molecule has 0 aromatic carbocycles. The predicted molar refractivity (Wildman–Crippen MR) is 46.7 cm³/mol. The van der Waals surface area contributed by atoms with Crippen molar-refractivity contribution in [2.75, 3.05) is 0 Å². The Bertz CT molecular complexity index is 355. The molecule has 3 nitrogen and oxygen atoms in total. The van der Waals surface area contributed by atoms with Gasteiger partial charge in [0, 0.05) is 18.8 Å². The molecule has 0 radical (unpaired) electrons. The van der Waals surface area contributed by atoms with E-state index in [0.29, 0.717) is 5.56 Å². The molecule has 0 N–H and O–H groups in total. The Morgan fingerprint density at radius 2 is 2.17 bits per heavy atom. The minimum Gasteiger partial charge on any atom is -0.317 e. The van der Waals surface area contributed by atoms with Gasteiger partial charge in [-0.15, -0.1) is 0 Å². The number of pyridine rings is 1. The number of rotatable bonds is 1. The van der Waals surface area contributed by atoms with E-state index < -0.39 is 0 Å². The van der Waals surface area contributed by atoms with Gasteiger partial charge in [-0.05, 0) is 13.0 Å². The molecule has 1 aromatic rings. The third-order valence-corrected chi connectivity index (χ3v) is 1.82. The van der Waals surface area contributed by atoms with Gasteiger partial charge >= 0.3 is 0 Å². The largest absolute Gasteiger partial charge is 0.317 e. The summed E-state index contributed by atoms with van der Waals surface area (Å²) < 4.78 is 1.29. The van der Waals surface area contributed by atoms with Crippen molar-refractivity contribution in [3.05, 3.63) is 33.2 Å². The summed E-state index contributed by atoms with van der Waals surface area (Å²) in [4.78, 5) is 22.0. The highest BCUT2D eigenvalue weighted by Gasteiger charge is 2.04. The van der Waals surface area contributed by atoms with Crippen molar-refractivity contribution in [2.45, 2.75) is 6.92 Å². The van der Waals surface area contributed by atoms with Gasteiger partial charge in [-0.2, -0.15) is 0 Å². The second kappa shape index (κ2) is 3.11. The summed E-state index contributed by atoms with van der Waals surface area (Å²) in [6.45, 7) is 1.43. The predicted octanol–water partition coefficient (Wildman–Crippen LogP) is 1.24. The molecule has 0 saturated carbocycles. The molecule has 1 heterocycles. The molecule has 0 saturated heterocycles. The summed E-state index contributed by atoms with van der Waals surface area (Å²) in [5.74, 6) is -0.104. The molecule has 0 bridgehead atoms. The third-order valence-electron chi connectivity index (χ3n) is 1.55. The van der Waals surface area contributed by atoms with Gasteiger partial charge in [0.05, 0.1) is 0 Å². The van der Waals surface area contributed by atoms with Crippen LogP contribution < -0.4 is 5.56 Å². The molecule has 12 heavy (non-hydrogen) atoms. The molecule has 0 fully saturated rings. The van der Waals surface area contributed by atoms with Gasteiger partial charge in [0.1, 0.15) is 5.02 Å². The molecule has 0 aliphatic carbocycles. The molecule has 1 aromatic heterocycles. The Balaban J connectivity index is 3.41. The molecular weight excluding hydrogens is 178 g/mol. The Labute approximate surface area is 74.6 Å². The van der Waals surface area contributed by atoms with E-state index in [0.717, 1.165) is 0 Å². The van der Waals surface area contributed by atoms with E-state index in [9.17, 15) is 9.59 Å². The third kappa shape index (κ3) is 1.56. The lowest BCUT2D eigenvalue weighted by Crippen LogP contribution is -2.17. The molecule has 64 valence electrons. The molecule has 4 heteroatoms. The number of aryl methyl sites for hydroxylation is 1. The second-order valence-corrected chi connectivity index (χ2v) is 2.96. The van der Waals surface area contributed by atoms with Gasteiger partial charge in [0.25, 0.3) is 5.56 Å². The smallest absolute Gasteiger partial charge is 0.269 e. The second-order valence-electron chi connectivity index (χ2n) is 2.55. The van der Waals surface area contributed by atoms with Crippen LogP contribution in [0.2, 0.25) is 5.02 Å². The first-order chi connectivity index (χ1) is 5.52. The highest BCUT2D eigenvalue weighted by Crippen LogP contribution is 2.05. The van der Waals surface area contributed by atoms with Gasteiger partial charge in [0.2, 0.25) is 0 Å². The number of halogens is 1. The summed E-state index contributed by atoms with van der Waals surface area (Å²) in [5, 5.41) is 0.0743. The Morgan fingerprint density at radius 3 is 2.58 bits per heavy atom. The molecule has 0 atom stereocenters.